The molecule has 0 aliphatic rings. The van der Waals surface area contributed by atoms with Gasteiger partial charge in [-0.15, -0.1) is 4.99 Å². The van der Waals surface area contributed by atoms with E-state index in [0.29, 0.717) is 10.8 Å². The topological polar surface area (TPSA) is 54.4 Å². The summed E-state index contributed by atoms with van der Waals surface area (Å²) in [6.07, 6.45) is 5.59. The van der Waals surface area contributed by atoms with Crippen molar-refractivity contribution in [1.82, 2.24) is 4.98 Å². The fraction of sp³-hybridized carbons (Fsp3) is 0. The lowest BCUT2D eigenvalue weighted by Gasteiger charge is -2.00. The molecular weight excluding hydrogens is 252 g/mol. The van der Waals surface area contributed by atoms with E-state index in [1.165, 1.54) is 0 Å². The van der Waals surface area contributed by atoms with E-state index in [2.05, 4.69) is 15.5 Å². The predicted molar refractivity (Wildman–Crippen MR) is 72.0 cm³/mol. The number of nitrogens with zero attached hydrogens (tertiary/aromatic N) is 1. The number of halogens is 1. The molecule has 0 atom stereocenters. The van der Waals surface area contributed by atoms with Crippen molar-refractivity contribution in [2.75, 3.05) is 5.48 Å². The lowest BCUT2D eigenvalue weighted by atomic mass is 10.1. The molecule has 2 aromatic rings. The molecule has 18 heavy (non-hydrogen) atoms. The van der Waals surface area contributed by atoms with Gasteiger partial charge in [0.1, 0.15) is 5.15 Å². The summed E-state index contributed by atoms with van der Waals surface area (Å²) in [4.78, 5) is 7.81. The molecule has 4 nitrogen and oxygen atoms in total. The third kappa shape index (κ3) is 3.56. The van der Waals surface area contributed by atoms with Crippen LogP contribution >= 0.6 is 11.6 Å². The van der Waals surface area contributed by atoms with Gasteiger partial charge in [-0.25, -0.2) is 15.7 Å². The summed E-state index contributed by atoms with van der Waals surface area (Å²) in [6, 6.07) is 11.0. The van der Waals surface area contributed by atoms with Crippen molar-refractivity contribution >= 4 is 29.4 Å². The average Bonchev–Trinajstić information content (AvgIpc) is 2.40. The quantitative estimate of drug-likeness (QED) is 0.501. The highest BCUT2D eigenvalue weighted by molar-refractivity contribution is 6.29. The number of pyridine rings is 1. The number of rotatable bonds is 4. The summed E-state index contributed by atoms with van der Waals surface area (Å²) >= 11 is 5.70. The first kappa shape index (κ1) is 12.6. The first-order valence-corrected chi connectivity index (χ1v) is 5.62. The van der Waals surface area contributed by atoms with E-state index in [-0.39, 0.29) is 0 Å². The monoisotopic (exact) mass is 262 g/mol. The minimum atomic E-state index is 0.478. The minimum absolute atomic E-state index is 0.478. The number of anilines is 1. The molecule has 1 aromatic carbocycles. The molecule has 0 unspecified atom stereocenters. The number of aromatic nitrogens is 1. The second-order valence-corrected chi connectivity index (χ2v) is 3.95. The van der Waals surface area contributed by atoms with Crippen molar-refractivity contribution in [3.63, 3.8) is 0 Å². The van der Waals surface area contributed by atoms with Crippen LogP contribution in [0.5, 0.6) is 0 Å². The van der Waals surface area contributed by atoms with E-state index in [1.807, 2.05) is 30.4 Å². The average molecular weight is 263 g/mol. The van der Waals surface area contributed by atoms with Crippen LogP contribution in [0, 0.1) is 0 Å². The predicted octanol–water partition coefficient (Wildman–Crippen LogP) is 3.72. The van der Waals surface area contributed by atoms with Gasteiger partial charge in [-0.05, 0) is 29.3 Å². The number of hydrogen-bond acceptors (Lipinski definition) is 4. The third-order valence-electron chi connectivity index (χ3n) is 2.29. The zero-order valence-corrected chi connectivity index (χ0v) is 10.1. The van der Waals surface area contributed by atoms with Gasteiger partial charge in [-0.2, -0.15) is 0 Å². The molecule has 0 aliphatic heterocycles. The van der Waals surface area contributed by atoms with Gasteiger partial charge in [0, 0.05) is 6.20 Å². The molecule has 0 saturated heterocycles. The van der Waals surface area contributed by atoms with Crippen LogP contribution in [0.1, 0.15) is 11.1 Å². The Morgan fingerprint density at radius 2 is 1.72 bits per heavy atom. The summed E-state index contributed by atoms with van der Waals surface area (Å²) in [7, 11) is 0. The maximum atomic E-state index is 8.22. The first-order valence-electron chi connectivity index (χ1n) is 5.24. The van der Waals surface area contributed by atoms with Crippen LogP contribution in [-0.2, 0) is 4.99 Å². The number of nitrogens with one attached hydrogen (secondary N) is 1. The molecule has 0 aliphatic carbocycles. The van der Waals surface area contributed by atoms with Gasteiger partial charge >= 0.3 is 0 Å². The Balaban J connectivity index is 2.06. The van der Waals surface area contributed by atoms with Gasteiger partial charge in [0.15, 0.2) is 0 Å². The summed E-state index contributed by atoms with van der Waals surface area (Å²) in [6.45, 7) is 0. The Morgan fingerprint density at radius 1 is 1.06 bits per heavy atom. The Bertz CT molecular complexity index is 524. The van der Waals surface area contributed by atoms with Gasteiger partial charge in [-0.1, -0.05) is 42.0 Å². The van der Waals surface area contributed by atoms with Crippen molar-refractivity contribution in [2.24, 2.45) is 0 Å². The molecule has 92 valence electrons. The van der Waals surface area contributed by atoms with Crippen LogP contribution in [0.3, 0.4) is 0 Å². The molecule has 1 aromatic heterocycles. The molecule has 0 saturated carbocycles. The number of hydrogen-bond donors (Lipinski definition) is 2. The van der Waals surface area contributed by atoms with Crippen LogP contribution < -0.4 is 5.48 Å². The van der Waals surface area contributed by atoms with Crippen LogP contribution in [0.25, 0.3) is 12.2 Å². The molecule has 2 N–H and O–H groups in total. The zero-order chi connectivity index (χ0) is 12.8. The van der Waals surface area contributed by atoms with Crippen molar-refractivity contribution in [3.8, 4) is 0 Å². The van der Waals surface area contributed by atoms with Crippen molar-refractivity contribution in [2.45, 2.75) is 0 Å². The van der Waals surface area contributed by atoms with E-state index in [0.717, 1.165) is 11.1 Å². The smallest absolute Gasteiger partial charge is 0.129 e. The summed E-state index contributed by atoms with van der Waals surface area (Å²) < 4.78 is 0. The van der Waals surface area contributed by atoms with E-state index in [9.17, 15) is 0 Å². The van der Waals surface area contributed by atoms with Crippen molar-refractivity contribution in [1.29, 1.82) is 0 Å². The minimum Gasteiger partial charge on any atom is -0.244 e. The van der Waals surface area contributed by atoms with Crippen LogP contribution in [-0.4, -0.2) is 10.2 Å². The highest BCUT2D eigenvalue weighted by Crippen LogP contribution is 2.13. The Hall–Kier alpha value is -1.88. The molecule has 0 radical (unpaired) electrons. The lowest BCUT2D eigenvalue weighted by molar-refractivity contribution is -0.215. The van der Waals surface area contributed by atoms with E-state index >= 15 is 0 Å². The van der Waals surface area contributed by atoms with E-state index < -0.39 is 0 Å². The summed E-state index contributed by atoms with van der Waals surface area (Å²) in [5, 5.41) is 8.70. The Kier molecular flexibility index (Phi) is 4.30. The van der Waals surface area contributed by atoms with Gasteiger partial charge in [0.25, 0.3) is 0 Å². The molecule has 0 amide bonds. The molecule has 2 rings (SSSR count). The van der Waals surface area contributed by atoms with Gasteiger partial charge in [-0.3, -0.25) is 0 Å². The fourth-order valence-electron chi connectivity index (χ4n) is 1.39. The van der Waals surface area contributed by atoms with Gasteiger partial charge in [0.05, 0.1) is 5.69 Å². The largest absolute Gasteiger partial charge is 0.244 e. The van der Waals surface area contributed by atoms with Crippen LogP contribution in [0.15, 0.2) is 42.6 Å². The normalized spacial score (nSPS) is 10.8. The molecule has 1 heterocycles. The Labute approximate surface area is 109 Å². The maximum absolute atomic E-state index is 8.22. The molecule has 0 bridgehead atoms. The van der Waals surface area contributed by atoms with Crippen molar-refractivity contribution in [3.05, 3.63) is 58.9 Å². The molecule has 0 spiro atoms. The molecular formula is C13H11ClN2O2. The van der Waals surface area contributed by atoms with E-state index in [1.54, 1.807) is 24.4 Å². The van der Waals surface area contributed by atoms with Crippen LogP contribution in [0.2, 0.25) is 5.15 Å². The maximum Gasteiger partial charge on any atom is 0.129 e. The third-order valence-corrected chi connectivity index (χ3v) is 2.52. The highest BCUT2D eigenvalue weighted by atomic mass is 35.5. The Morgan fingerprint density at radius 3 is 2.33 bits per heavy atom. The molecule has 0 fully saturated rings. The van der Waals surface area contributed by atoms with Crippen LogP contribution in [0.4, 0.5) is 5.69 Å². The van der Waals surface area contributed by atoms with Gasteiger partial charge in [0.2, 0.25) is 0 Å². The fourth-order valence-corrected chi connectivity index (χ4v) is 1.51. The second-order valence-electron chi connectivity index (χ2n) is 3.56. The zero-order valence-electron chi connectivity index (χ0n) is 9.38. The van der Waals surface area contributed by atoms with E-state index in [4.69, 9.17) is 16.9 Å². The van der Waals surface area contributed by atoms with Crippen molar-refractivity contribution < 1.29 is 10.2 Å². The van der Waals surface area contributed by atoms with Gasteiger partial charge < -0.3 is 0 Å². The summed E-state index contributed by atoms with van der Waals surface area (Å²) in [5.74, 6) is 0. The SMILES string of the molecule is OONc1ccc(C=Cc2ccc(Cl)nc2)cc1. The summed E-state index contributed by atoms with van der Waals surface area (Å²) in [5.41, 5.74) is 4.99. The highest BCUT2D eigenvalue weighted by Gasteiger charge is 1.92. The number of benzene rings is 1. The lowest BCUT2D eigenvalue weighted by Crippen LogP contribution is -1.95. The first-order chi connectivity index (χ1) is 8.78. The molecule has 5 heteroatoms. The second kappa shape index (κ2) is 6.16. The standard InChI is InChI=1S/C13H11ClN2O2/c14-13-8-5-11(9-15-13)2-1-10-3-6-12(7-4-10)16-18-17/h1-9,16-17H.